The summed E-state index contributed by atoms with van der Waals surface area (Å²) in [7, 11) is 0. The molecule has 6 heteroatoms. The summed E-state index contributed by atoms with van der Waals surface area (Å²) in [5.74, 6) is 0.0495. The van der Waals surface area contributed by atoms with Crippen LogP contribution in [0.1, 0.15) is 17.4 Å². The number of aromatic nitrogens is 2. The van der Waals surface area contributed by atoms with E-state index in [1.807, 2.05) is 6.92 Å². The van der Waals surface area contributed by atoms with Crippen LogP contribution < -0.4 is 5.32 Å². The number of nitrogens with zero attached hydrogens (tertiary/aromatic N) is 2. The molecular weight excluding hydrogens is 273 g/mol. The van der Waals surface area contributed by atoms with E-state index >= 15 is 0 Å². The molecule has 2 rings (SSSR count). The van der Waals surface area contributed by atoms with Gasteiger partial charge in [0.25, 0.3) is 5.91 Å². The summed E-state index contributed by atoms with van der Waals surface area (Å²) in [4.78, 5) is 16.1. The molecule has 0 aromatic carbocycles. The molecule has 0 radical (unpaired) electrons. The van der Waals surface area contributed by atoms with Crippen LogP contribution >= 0.6 is 23.2 Å². The maximum Gasteiger partial charge on any atom is 0.273 e. The minimum absolute atomic E-state index is 0.288. The number of pyridine rings is 1. The first kappa shape index (κ1) is 12.9. The second kappa shape index (κ2) is 5.42. The molecule has 0 atom stereocenters. The van der Waals surface area contributed by atoms with Gasteiger partial charge < -0.3 is 9.88 Å². The van der Waals surface area contributed by atoms with Crippen molar-refractivity contribution in [2.45, 2.75) is 13.5 Å². The number of amides is 1. The first-order valence-electron chi connectivity index (χ1n) is 5.39. The first-order chi connectivity index (χ1) is 8.61. The van der Waals surface area contributed by atoms with E-state index in [0.717, 1.165) is 0 Å². The molecule has 0 aliphatic heterocycles. The van der Waals surface area contributed by atoms with E-state index in [0.29, 0.717) is 28.1 Å². The molecule has 94 valence electrons. The maximum atomic E-state index is 12.1. The molecule has 2 aromatic rings. The van der Waals surface area contributed by atoms with Crippen LogP contribution in [0.3, 0.4) is 0 Å². The molecule has 0 aliphatic carbocycles. The number of halogens is 2. The van der Waals surface area contributed by atoms with Crippen molar-refractivity contribution in [1.82, 2.24) is 9.55 Å². The molecule has 2 heterocycles. The molecule has 0 saturated carbocycles. The van der Waals surface area contributed by atoms with Gasteiger partial charge in [0.2, 0.25) is 0 Å². The number of carbonyl (C=O) groups excluding carboxylic acids is 1. The fourth-order valence-electron chi connectivity index (χ4n) is 1.58. The lowest BCUT2D eigenvalue weighted by atomic mass is 10.3. The van der Waals surface area contributed by atoms with Crippen LogP contribution in [-0.2, 0) is 6.54 Å². The van der Waals surface area contributed by atoms with Gasteiger partial charge in [-0.25, -0.2) is 4.98 Å². The Bertz CT molecular complexity index is 580. The van der Waals surface area contributed by atoms with E-state index in [9.17, 15) is 4.79 Å². The van der Waals surface area contributed by atoms with Gasteiger partial charge in [-0.2, -0.15) is 0 Å². The van der Waals surface area contributed by atoms with Crippen molar-refractivity contribution in [2.75, 3.05) is 5.32 Å². The van der Waals surface area contributed by atoms with Crippen molar-refractivity contribution in [3.8, 4) is 0 Å². The van der Waals surface area contributed by atoms with Crippen LogP contribution in [0, 0.1) is 0 Å². The zero-order valence-electron chi connectivity index (χ0n) is 9.65. The smallest absolute Gasteiger partial charge is 0.273 e. The summed E-state index contributed by atoms with van der Waals surface area (Å²) in [6.45, 7) is 2.59. The second-order valence-electron chi connectivity index (χ2n) is 3.62. The van der Waals surface area contributed by atoms with Crippen LogP contribution in [0.5, 0.6) is 0 Å². The highest BCUT2D eigenvalue weighted by molar-refractivity contribution is 6.33. The van der Waals surface area contributed by atoms with Gasteiger partial charge in [0.15, 0.2) is 5.82 Å². The standard InChI is InChI=1S/C12H11Cl2N3O/c1-2-17-7-8(13)6-10(17)12(18)16-11-9(14)4-3-5-15-11/h3-7H,2H2,1H3,(H,15,16,18). The van der Waals surface area contributed by atoms with E-state index < -0.39 is 0 Å². The number of rotatable bonds is 3. The van der Waals surface area contributed by atoms with Crippen LogP contribution in [0.4, 0.5) is 5.82 Å². The Hall–Kier alpha value is -1.52. The molecule has 1 N–H and O–H groups in total. The Morgan fingerprint density at radius 2 is 2.28 bits per heavy atom. The maximum absolute atomic E-state index is 12.1. The highest BCUT2D eigenvalue weighted by Crippen LogP contribution is 2.20. The van der Waals surface area contributed by atoms with Crippen molar-refractivity contribution in [1.29, 1.82) is 0 Å². The van der Waals surface area contributed by atoms with E-state index in [4.69, 9.17) is 23.2 Å². The average Bonchev–Trinajstić information content (AvgIpc) is 2.73. The third-order valence-electron chi connectivity index (χ3n) is 2.43. The van der Waals surface area contributed by atoms with Crippen LogP contribution in [0.2, 0.25) is 10.0 Å². The van der Waals surface area contributed by atoms with Gasteiger partial charge in [0, 0.05) is 18.9 Å². The third kappa shape index (κ3) is 2.66. The zero-order valence-corrected chi connectivity index (χ0v) is 11.2. The summed E-state index contributed by atoms with van der Waals surface area (Å²) in [5, 5.41) is 3.57. The number of anilines is 1. The predicted molar refractivity (Wildman–Crippen MR) is 72.3 cm³/mol. The van der Waals surface area contributed by atoms with Gasteiger partial charge in [-0.3, -0.25) is 4.79 Å². The zero-order chi connectivity index (χ0) is 13.1. The van der Waals surface area contributed by atoms with E-state index in [1.165, 1.54) is 0 Å². The Labute approximate surface area is 115 Å². The molecule has 2 aromatic heterocycles. The monoisotopic (exact) mass is 283 g/mol. The van der Waals surface area contributed by atoms with Gasteiger partial charge >= 0.3 is 0 Å². The van der Waals surface area contributed by atoms with Crippen LogP contribution in [0.15, 0.2) is 30.6 Å². The Morgan fingerprint density at radius 1 is 1.50 bits per heavy atom. The average molecular weight is 284 g/mol. The first-order valence-corrected chi connectivity index (χ1v) is 6.15. The molecule has 0 bridgehead atoms. The number of hydrogen-bond acceptors (Lipinski definition) is 2. The number of nitrogens with one attached hydrogen (secondary N) is 1. The van der Waals surface area contributed by atoms with Gasteiger partial charge in [-0.05, 0) is 25.1 Å². The van der Waals surface area contributed by atoms with E-state index in [-0.39, 0.29) is 5.91 Å². The molecule has 0 unspecified atom stereocenters. The second-order valence-corrected chi connectivity index (χ2v) is 4.46. The lowest BCUT2D eigenvalue weighted by molar-refractivity contribution is 0.101. The highest BCUT2D eigenvalue weighted by Gasteiger charge is 2.14. The molecule has 4 nitrogen and oxygen atoms in total. The van der Waals surface area contributed by atoms with Crippen molar-refractivity contribution >= 4 is 34.9 Å². The van der Waals surface area contributed by atoms with Crippen LogP contribution in [0.25, 0.3) is 0 Å². The normalized spacial score (nSPS) is 10.4. The lowest BCUT2D eigenvalue weighted by Gasteiger charge is -2.07. The molecule has 18 heavy (non-hydrogen) atoms. The molecular formula is C12H11Cl2N3O. The molecule has 0 aliphatic rings. The van der Waals surface area contributed by atoms with Gasteiger partial charge in [-0.15, -0.1) is 0 Å². The van der Waals surface area contributed by atoms with Gasteiger partial charge in [-0.1, -0.05) is 23.2 Å². The Kier molecular flexibility index (Phi) is 3.89. The van der Waals surface area contributed by atoms with E-state index in [1.54, 1.807) is 35.2 Å². The van der Waals surface area contributed by atoms with Crippen molar-refractivity contribution in [3.05, 3.63) is 46.3 Å². The predicted octanol–water partition coefficient (Wildman–Crippen LogP) is 3.46. The van der Waals surface area contributed by atoms with Crippen molar-refractivity contribution in [3.63, 3.8) is 0 Å². The fraction of sp³-hybridized carbons (Fsp3) is 0.167. The topological polar surface area (TPSA) is 46.9 Å². The summed E-state index contributed by atoms with van der Waals surface area (Å²) in [5.41, 5.74) is 0.476. The lowest BCUT2D eigenvalue weighted by Crippen LogP contribution is -2.17. The minimum Gasteiger partial charge on any atom is -0.342 e. The number of carbonyl (C=O) groups is 1. The Balaban J connectivity index is 2.25. The molecule has 1 amide bonds. The summed E-state index contributed by atoms with van der Waals surface area (Å²) in [6, 6.07) is 4.97. The summed E-state index contributed by atoms with van der Waals surface area (Å²) < 4.78 is 1.76. The SMILES string of the molecule is CCn1cc(Cl)cc1C(=O)Nc1ncccc1Cl. The van der Waals surface area contributed by atoms with Crippen molar-refractivity contribution in [2.24, 2.45) is 0 Å². The fourth-order valence-corrected chi connectivity index (χ4v) is 1.97. The number of aryl methyl sites for hydroxylation is 1. The summed E-state index contributed by atoms with van der Waals surface area (Å²) in [6.07, 6.45) is 3.27. The van der Waals surface area contributed by atoms with Crippen molar-refractivity contribution < 1.29 is 4.79 Å². The largest absolute Gasteiger partial charge is 0.342 e. The molecule has 0 saturated heterocycles. The van der Waals surface area contributed by atoms with E-state index in [2.05, 4.69) is 10.3 Å². The number of hydrogen-bond donors (Lipinski definition) is 1. The third-order valence-corrected chi connectivity index (χ3v) is 2.94. The summed E-state index contributed by atoms with van der Waals surface area (Å²) >= 11 is 11.8. The minimum atomic E-state index is -0.288. The quantitative estimate of drug-likeness (QED) is 0.938. The Morgan fingerprint density at radius 3 is 2.94 bits per heavy atom. The highest BCUT2D eigenvalue weighted by atomic mass is 35.5. The van der Waals surface area contributed by atoms with Gasteiger partial charge in [0.05, 0.1) is 10.0 Å². The van der Waals surface area contributed by atoms with Gasteiger partial charge in [0.1, 0.15) is 5.69 Å². The van der Waals surface area contributed by atoms with Crippen LogP contribution in [-0.4, -0.2) is 15.5 Å². The molecule has 0 spiro atoms. The molecule has 0 fully saturated rings.